The molecule has 22 heavy (non-hydrogen) atoms. The fourth-order valence-electron chi connectivity index (χ4n) is 2.08. The van der Waals surface area contributed by atoms with Gasteiger partial charge in [-0.25, -0.2) is 14.0 Å². The van der Waals surface area contributed by atoms with Crippen LogP contribution >= 0.6 is 11.6 Å². The van der Waals surface area contributed by atoms with Gasteiger partial charge < -0.3 is 10.8 Å². The molecule has 0 fully saturated rings. The smallest absolute Gasteiger partial charge is 0.331 e. The maximum atomic E-state index is 13.9. The van der Waals surface area contributed by atoms with Gasteiger partial charge in [0.2, 0.25) is 0 Å². The summed E-state index contributed by atoms with van der Waals surface area (Å²) in [6.45, 7) is 0. The Morgan fingerprint density at radius 3 is 2.23 bits per heavy atom. The minimum atomic E-state index is -1.58. The third-order valence-electron chi connectivity index (χ3n) is 3.03. The number of hydrogen-bond acceptors (Lipinski definition) is 2. The number of benzene rings is 2. The quantitative estimate of drug-likeness (QED) is 0.906. The van der Waals surface area contributed by atoms with Crippen LogP contribution in [0, 0.1) is 5.82 Å². The molecule has 1 unspecified atom stereocenters. The third kappa shape index (κ3) is 3.17. The van der Waals surface area contributed by atoms with E-state index >= 15 is 0 Å². The van der Waals surface area contributed by atoms with Crippen LogP contribution in [-0.4, -0.2) is 17.1 Å². The van der Waals surface area contributed by atoms with E-state index in [1.165, 1.54) is 42.5 Å². The lowest BCUT2D eigenvalue weighted by molar-refractivity contribution is -0.138. The number of urea groups is 1. The third-order valence-corrected chi connectivity index (χ3v) is 3.29. The fraction of sp³-hybridized carbons (Fsp3) is 0.0667. The van der Waals surface area contributed by atoms with Crippen LogP contribution in [0.4, 0.5) is 14.9 Å². The van der Waals surface area contributed by atoms with Crippen LogP contribution < -0.4 is 10.6 Å². The van der Waals surface area contributed by atoms with E-state index in [-0.39, 0.29) is 11.3 Å². The van der Waals surface area contributed by atoms with Crippen molar-refractivity contribution in [1.82, 2.24) is 0 Å². The van der Waals surface area contributed by atoms with Gasteiger partial charge in [0.15, 0.2) is 6.04 Å². The Kier molecular flexibility index (Phi) is 4.62. The molecular formula is C15H12ClFN2O3. The van der Waals surface area contributed by atoms with Crippen LogP contribution in [-0.2, 0) is 4.79 Å². The standard InChI is InChI=1S/C15H12ClFN2O3/c16-9-5-7-10(8-6-9)19(15(18)22)13(14(20)21)11-3-1-2-4-12(11)17/h1-8,13H,(H2,18,22)(H,20,21). The minimum Gasteiger partial charge on any atom is -0.479 e. The van der Waals surface area contributed by atoms with Crippen molar-refractivity contribution in [1.29, 1.82) is 0 Å². The number of aliphatic carboxylic acids is 1. The topological polar surface area (TPSA) is 83.6 Å². The summed E-state index contributed by atoms with van der Waals surface area (Å²) in [7, 11) is 0. The second-order valence-corrected chi connectivity index (χ2v) is 4.88. The molecule has 2 aromatic rings. The molecule has 0 bridgehead atoms. The van der Waals surface area contributed by atoms with Gasteiger partial charge >= 0.3 is 12.0 Å². The zero-order valence-corrected chi connectivity index (χ0v) is 12.0. The van der Waals surface area contributed by atoms with Gasteiger partial charge in [-0.05, 0) is 30.3 Å². The molecule has 0 aromatic heterocycles. The lowest BCUT2D eigenvalue weighted by Crippen LogP contribution is -2.42. The van der Waals surface area contributed by atoms with Gasteiger partial charge in [-0.1, -0.05) is 29.8 Å². The van der Waals surface area contributed by atoms with E-state index in [0.29, 0.717) is 5.02 Å². The van der Waals surface area contributed by atoms with E-state index in [1.807, 2.05) is 0 Å². The second kappa shape index (κ2) is 6.44. The Labute approximate surface area is 130 Å². The van der Waals surface area contributed by atoms with E-state index in [2.05, 4.69) is 0 Å². The minimum absolute atomic E-state index is 0.163. The molecule has 5 nitrogen and oxygen atoms in total. The molecule has 2 rings (SSSR count). The summed E-state index contributed by atoms with van der Waals surface area (Å²) in [5, 5.41) is 9.85. The highest BCUT2D eigenvalue weighted by Gasteiger charge is 2.33. The van der Waals surface area contributed by atoms with Crippen molar-refractivity contribution in [3.63, 3.8) is 0 Å². The molecule has 3 N–H and O–H groups in total. The molecule has 114 valence electrons. The van der Waals surface area contributed by atoms with Crippen molar-refractivity contribution in [2.24, 2.45) is 5.73 Å². The summed E-state index contributed by atoms with van der Waals surface area (Å²) in [4.78, 5) is 24.1. The molecule has 0 radical (unpaired) electrons. The molecular weight excluding hydrogens is 311 g/mol. The van der Waals surface area contributed by atoms with Crippen molar-refractivity contribution in [3.8, 4) is 0 Å². The molecule has 0 aliphatic heterocycles. The van der Waals surface area contributed by atoms with Crippen LogP contribution in [0.2, 0.25) is 5.02 Å². The SMILES string of the molecule is NC(=O)N(c1ccc(Cl)cc1)C(C(=O)O)c1ccccc1F. The number of amides is 2. The van der Waals surface area contributed by atoms with Crippen molar-refractivity contribution >= 4 is 29.3 Å². The highest BCUT2D eigenvalue weighted by Crippen LogP contribution is 2.29. The molecule has 0 heterocycles. The molecule has 0 spiro atoms. The van der Waals surface area contributed by atoms with E-state index in [0.717, 1.165) is 11.0 Å². The molecule has 0 saturated heterocycles. The first-order valence-electron chi connectivity index (χ1n) is 6.23. The summed E-state index contributed by atoms with van der Waals surface area (Å²) in [6, 6.07) is 8.54. The number of carbonyl (C=O) groups is 2. The number of nitrogens with zero attached hydrogens (tertiary/aromatic N) is 1. The van der Waals surface area contributed by atoms with Gasteiger partial charge in [-0.2, -0.15) is 0 Å². The van der Waals surface area contributed by atoms with Gasteiger partial charge in [0.25, 0.3) is 0 Å². The predicted molar refractivity (Wildman–Crippen MR) is 80.3 cm³/mol. The maximum Gasteiger partial charge on any atom is 0.331 e. The first-order valence-corrected chi connectivity index (χ1v) is 6.61. The first-order chi connectivity index (χ1) is 10.4. The molecule has 0 saturated carbocycles. The Bertz CT molecular complexity index is 706. The number of carboxylic acid groups (broad SMARTS) is 1. The summed E-state index contributed by atoms with van der Waals surface area (Å²) < 4.78 is 13.9. The van der Waals surface area contributed by atoms with Crippen molar-refractivity contribution in [2.45, 2.75) is 6.04 Å². The van der Waals surface area contributed by atoms with Crippen molar-refractivity contribution in [2.75, 3.05) is 4.90 Å². The molecule has 2 amide bonds. The van der Waals surface area contributed by atoms with Crippen LogP contribution in [0.15, 0.2) is 48.5 Å². The Hall–Kier alpha value is -2.60. The van der Waals surface area contributed by atoms with E-state index in [9.17, 15) is 19.1 Å². The normalized spacial score (nSPS) is 11.7. The predicted octanol–water partition coefficient (Wildman–Crippen LogP) is 3.19. The lowest BCUT2D eigenvalue weighted by atomic mass is 10.0. The van der Waals surface area contributed by atoms with Gasteiger partial charge in [0, 0.05) is 16.3 Å². The number of hydrogen-bond donors (Lipinski definition) is 2. The van der Waals surface area contributed by atoms with E-state index in [1.54, 1.807) is 0 Å². The van der Waals surface area contributed by atoms with Gasteiger partial charge in [-0.3, -0.25) is 4.90 Å². The summed E-state index contributed by atoms with van der Waals surface area (Å²) >= 11 is 5.77. The van der Waals surface area contributed by atoms with Crippen LogP contribution in [0.3, 0.4) is 0 Å². The maximum absolute atomic E-state index is 13.9. The van der Waals surface area contributed by atoms with E-state index < -0.39 is 23.9 Å². The summed E-state index contributed by atoms with van der Waals surface area (Å²) in [5.41, 5.74) is 5.34. The monoisotopic (exact) mass is 322 g/mol. The zero-order valence-electron chi connectivity index (χ0n) is 11.2. The lowest BCUT2D eigenvalue weighted by Gasteiger charge is -2.28. The Morgan fingerprint density at radius 1 is 1.14 bits per heavy atom. The zero-order chi connectivity index (χ0) is 16.3. The van der Waals surface area contributed by atoms with Crippen LogP contribution in [0.5, 0.6) is 0 Å². The van der Waals surface area contributed by atoms with Crippen molar-refractivity contribution in [3.05, 3.63) is 64.9 Å². The number of anilines is 1. The van der Waals surface area contributed by atoms with Gasteiger partial charge in [0.1, 0.15) is 5.82 Å². The molecule has 7 heteroatoms. The number of halogens is 2. The fourth-order valence-corrected chi connectivity index (χ4v) is 2.21. The van der Waals surface area contributed by atoms with E-state index in [4.69, 9.17) is 17.3 Å². The highest BCUT2D eigenvalue weighted by molar-refractivity contribution is 6.30. The largest absolute Gasteiger partial charge is 0.479 e. The average molecular weight is 323 g/mol. The molecule has 2 aromatic carbocycles. The first kappa shape index (κ1) is 15.8. The van der Waals surface area contributed by atoms with Gasteiger partial charge in [-0.15, -0.1) is 0 Å². The average Bonchev–Trinajstić information content (AvgIpc) is 2.46. The molecule has 0 aliphatic carbocycles. The number of carbonyl (C=O) groups excluding carboxylic acids is 1. The summed E-state index contributed by atoms with van der Waals surface area (Å²) in [5.74, 6) is -2.14. The number of primary amides is 1. The highest BCUT2D eigenvalue weighted by atomic mass is 35.5. The summed E-state index contributed by atoms with van der Waals surface area (Å²) in [6.07, 6.45) is 0. The Balaban J connectivity index is 2.56. The van der Waals surface area contributed by atoms with Crippen LogP contribution in [0.25, 0.3) is 0 Å². The number of rotatable bonds is 4. The van der Waals surface area contributed by atoms with Crippen LogP contribution in [0.1, 0.15) is 11.6 Å². The second-order valence-electron chi connectivity index (χ2n) is 4.45. The molecule has 1 atom stereocenters. The molecule has 0 aliphatic rings. The number of carboxylic acids is 1. The number of nitrogens with two attached hydrogens (primary N) is 1. The van der Waals surface area contributed by atoms with Gasteiger partial charge in [0.05, 0.1) is 0 Å². The van der Waals surface area contributed by atoms with Crippen molar-refractivity contribution < 1.29 is 19.1 Å². The Morgan fingerprint density at radius 2 is 1.73 bits per heavy atom.